The summed E-state index contributed by atoms with van der Waals surface area (Å²) in [6.45, 7) is 2.92. The van der Waals surface area contributed by atoms with Gasteiger partial charge in [0, 0.05) is 6.07 Å². The molecule has 0 saturated heterocycles. The lowest BCUT2D eigenvalue weighted by Crippen LogP contribution is -2.30. The zero-order valence-electron chi connectivity index (χ0n) is 6.94. The van der Waals surface area contributed by atoms with Gasteiger partial charge in [0.05, 0.1) is 12.7 Å². The molecule has 3 heteroatoms. The number of aromatic hydroxyl groups is 1. The molecule has 1 N–H and O–H groups in total. The number of hydrogen-bond acceptors (Lipinski definition) is 1. The van der Waals surface area contributed by atoms with Crippen LogP contribution in [0.2, 0.25) is 0 Å². The van der Waals surface area contributed by atoms with Crippen molar-refractivity contribution in [1.82, 2.24) is 4.40 Å². The minimum absolute atomic E-state index is 0.285. The van der Waals surface area contributed by atoms with Gasteiger partial charge in [-0.25, -0.2) is 4.57 Å². The molecular formula is C9H11N2O+. The van der Waals surface area contributed by atoms with Crippen LogP contribution in [0.1, 0.15) is 6.92 Å². The number of aromatic nitrogens is 2. The van der Waals surface area contributed by atoms with Gasteiger partial charge in [-0.05, 0) is 13.0 Å². The van der Waals surface area contributed by atoms with E-state index in [0.717, 1.165) is 12.2 Å². The number of rotatable bonds is 1. The van der Waals surface area contributed by atoms with Gasteiger partial charge < -0.3 is 5.11 Å². The van der Waals surface area contributed by atoms with Crippen LogP contribution in [0.15, 0.2) is 30.6 Å². The zero-order valence-corrected chi connectivity index (χ0v) is 6.94. The van der Waals surface area contributed by atoms with Gasteiger partial charge in [0.2, 0.25) is 0 Å². The maximum absolute atomic E-state index is 9.47. The average molecular weight is 163 g/mol. The van der Waals surface area contributed by atoms with E-state index >= 15 is 0 Å². The first-order chi connectivity index (χ1) is 5.83. The van der Waals surface area contributed by atoms with E-state index in [9.17, 15) is 5.11 Å². The van der Waals surface area contributed by atoms with Crippen molar-refractivity contribution >= 4 is 5.65 Å². The molecule has 0 bridgehead atoms. The van der Waals surface area contributed by atoms with Crippen LogP contribution in [0.5, 0.6) is 5.88 Å². The van der Waals surface area contributed by atoms with E-state index < -0.39 is 0 Å². The van der Waals surface area contributed by atoms with E-state index in [1.54, 1.807) is 10.6 Å². The molecule has 2 rings (SSSR count). The quantitative estimate of drug-likeness (QED) is 0.623. The number of imidazole rings is 1. The van der Waals surface area contributed by atoms with E-state index in [1.165, 1.54) is 0 Å². The fourth-order valence-electron chi connectivity index (χ4n) is 1.38. The van der Waals surface area contributed by atoms with E-state index in [2.05, 4.69) is 0 Å². The molecule has 2 heterocycles. The summed E-state index contributed by atoms with van der Waals surface area (Å²) in [5.74, 6) is 0.285. The van der Waals surface area contributed by atoms with Crippen LogP contribution in [-0.2, 0) is 6.54 Å². The smallest absolute Gasteiger partial charge is 0.327 e. The molecule has 0 radical (unpaired) electrons. The maximum Gasteiger partial charge on any atom is 0.327 e. The lowest BCUT2D eigenvalue weighted by Gasteiger charge is -1.88. The van der Waals surface area contributed by atoms with Crippen LogP contribution in [0.25, 0.3) is 5.65 Å². The molecule has 0 aliphatic heterocycles. The molecule has 2 aromatic heterocycles. The molecule has 3 nitrogen and oxygen atoms in total. The van der Waals surface area contributed by atoms with Crippen LogP contribution in [0, 0.1) is 0 Å². The second kappa shape index (κ2) is 2.52. The molecular weight excluding hydrogens is 152 g/mol. The molecule has 0 fully saturated rings. The third kappa shape index (κ3) is 0.863. The molecule has 12 heavy (non-hydrogen) atoms. The summed E-state index contributed by atoms with van der Waals surface area (Å²) in [5, 5.41) is 9.47. The number of hydrogen-bond donors (Lipinski definition) is 1. The van der Waals surface area contributed by atoms with Crippen LogP contribution >= 0.6 is 0 Å². The first kappa shape index (κ1) is 7.16. The molecule has 2 aromatic rings. The van der Waals surface area contributed by atoms with Crippen molar-refractivity contribution in [2.75, 3.05) is 0 Å². The largest absolute Gasteiger partial charge is 0.475 e. The molecule has 0 saturated carbocycles. The Bertz CT molecular complexity index is 406. The van der Waals surface area contributed by atoms with E-state index in [1.807, 2.05) is 35.9 Å². The topological polar surface area (TPSA) is 28.5 Å². The molecule has 0 unspecified atom stereocenters. The lowest BCUT2D eigenvalue weighted by molar-refractivity contribution is -0.667. The number of pyridine rings is 1. The van der Waals surface area contributed by atoms with Crippen LogP contribution in [0.3, 0.4) is 0 Å². The predicted molar refractivity (Wildman–Crippen MR) is 44.9 cm³/mol. The van der Waals surface area contributed by atoms with Gasteiger partial charge in [-0.15, -0.1) is 0 Å². The van der Waals surface area contributed by atoms with Crippen LogP contribution in [0.4, 0.5) is 0 Å². The SMILES string of the molecule is CC[n+]1cc(O)n2ccccc21. The summed E-state index contributed by atoms with van der Waals surface area (Å²) in [6, 6.07) is 5.83. The maximum atomic E-state index is 9.47. The van der Waals surface area contributed by atoms with Crippen molar-refractivity contribution in [2.45, 2.75) is 13.5 Å². The van der Waals surface area contributed by atoms with Crippen LogP contribution in [-0.4, -0.2) is 9.51 Å². The second-order valence-electron chi connectivity index (χ2n) is 2.70. The first-order valence-electron chi connectivity index (χ1n) is 4.01. The molecule has 0 aromatic carbocycles. The second-order valence-corrected chi connectivity index (χ2v) is 2.70. The summed E-state index contributed by atoms with van der Waals surface area (Å²) in [4.78, 5) is 0. The Kier molecular flexibility index (Phi) is 1.50. The number of nitrogens with zero attached hydrogens (tertiary/aromatic N) is 2. The minimum Gasteiger partial charge on any atom is -0.475 e. The third-order valence-corrected chi connectivity index (χ3v) is 1.99. The molecule has 0 atom stereocenters. The van der Waals surface area contributed by atoms with Crippen molar-refractivity contribution in [3.05, 3.63) is 30.6 Å². The molecule has 0 amide bonds. The third-order valence-electron chi connectivity index (χ3n) is 1.99. The monoisotopic (exact) mass is 163 g/mol. The highest BCUT2D eigenvalue weighted by atomic mass is 16.3. The van der Waals surface area contributed by atoms with Crippen molar-refractivity contribution in [1.29, 1.82) is 0 Å². The lowest BCUT2D eigenvalue weighted by atomic mass is 10.5. The highest BCUT2D eigenvalue weighted by Gasteiger charge is 2.12. The van der Waals surface area contributed by atoms with Crippen molar-refractivity contribution in [2.24, 2.45) is 0 Å². The Hall–Kier alpha value is -1.51. The van der Waals surface area contributed by atoms with Gasteiger partial charge >= 0.3 is 5.88 Å². The summed E-state index contributed by atoms with van der Waals surface area (Å²) >= 11 is 0. The van der Waals surface area contributed by atoms with Gasteiger partial charge in [-0.1, -0.05) is 6.07 Å². The minimum atomic E-state index is 0.285. The standard InChI is InChI=1S/C9H10N2O/c1-2-10-7-9(12)11-6-4-3-5-8(10)11/h3-7H,2H2,1H3/p+1. The van der Waals surface area contributed by atoms with Crippen molar-refractivity contribution in [3.63, 3.8) is 0 Å². The fraction of sp³-hybridized carbons (Fsp3) is 0.222. The molecule has 62 valence electrons. The summed E-state index contributed by atoms with van der Waals surface area (Å²) < 4.78 is 3.75. The Morgan fingerprint density at radius 3 is 3.08 bits per heavy atom. The Morgan fingerprint density at radius 1 is 1.50 bits per heavy atom. The van der Waals surface area contributed by atoms with Crippen molar-refractivity contribution in [3.8, 4) is 5.88 Å². The fourth-order valence-corrected chi connectivity index (χ4v) is 1.38. The number of fused-ring (bicyclic) bond motifs is 1. The predicted octanol–water partition coefficient (Wildman–Crippen LogP) is 0.952. The highest BCUT2D eigenvalue weighted by molar-refractivity contribution is 5.35. The van der Waals surface area contributed by atoms with E-state index in [0.29, 0.717) is 0 Å². The van der Waals surface area contributed by atoms with Crippen molar-refractivity contribution < 1.29 is 9.67 Å². The van der Waals surface area contributed by atoms with E-state index in [4.69, 9.17) is 0 Å². The molecule has 0 aliphatic rings. The summed E-state index contributed by atoms with van der Waals surface area (Å²) in [5.41, 5.74) is 1.01. The van der Waals surface area contributed by atoms with Gasteiger partial charge in [0.1, 0.15) is 0 Å². The zero-order chi connectivity index (χ0) is 8.55. The van der Waals surface area contributed by atoms with Gasteiger partial charge in [-0.3, -0.25) is 0 Å². The van der Waals surface area contributed by atoms with Gasteiger partial charge in [0.25, 0.3) is 5.65 Å². The Morgan fingerprint density at radius 2 is 2.33 bits per heavy atom. The first-order valence-corrected chi connectivity index (χ1v) is 4.01. The highest BCUT2D eigenvalue weighted by Crippen LogP contribution is 2.09. The summed E-state index contributed by atoms with van der Waals surface area (Å²) in [7, 11) is 0. The molecule has 0 aliphatic carbocycles. The number of aryl methyl sites for hydroxylation is 1. The van der Waals surface area contributed by atoms with Crippen LogP contribution < -0.4 is 4.57 Å². The van der Waals surface area contributed by atoms with Gasteiger partial charge in [-0.2, -0.15) is 4.40 Å². The summed E-state index contributed by atoms with van der Waals surface area (Å²) in [6.07, 6.45) is 3.58. The Balaban J connectivity index is 2.82. The molecule has 0 spiro atoms. The van der Waals surface area contributed by atoms with E-state index in [-0.39, 0.29) is 5.88 Å². The average Bonchev–Trinajstić information content (AvgIpc) is 2.44. The normalized spacial score (nSPS) is 10.8. The Labute approximate surface area is 70.5 Å². The van der Waals surface area contributed by atoms with Gasteiger partial charge in [0.15, 0.2) is 6.20 Å².